The molecule has 0 bridgehead atoms. The topological polar surface area (TPSA) is 106 Å². The number of amides is 2. The third-order valence-electron chi connectivity index (χ3n) is 15.3. The number of hydrogen-bond donors (Lipinski definition) is 2. The van der Waals surface area contributed by atoms with Crippen LogP contribution in [0.4, 0.5) is 4.79 Å². The largest absolute Gasteiger partial charge is 0.337 e. The van der Waals surface area contributed by atoms with Gasteiger partial charge >= 0.3 is 6.03 Å². The van der Waals surface area contributed by atoms with E-state index in [9.17, 15) is 4.79 Å². The molecule has 0 spiro atoms. The number of allylic oxidation sites excluding steroid dienone is 2. The Morgan fingerprint density at radius 3 is 1.65 bits per heavy atom. The number of pyridine rings is 2. The molecule has 10 nitrogen and oxygen atoms in total. The van der Waals surface area contributed by atoms with Gasteiger partial charge in [0.05, 0.1) is 35.4 Å². The van der Waals surface area contributed by atoms with Crippen LogP contribution in [0, 0.1) is 25.7 Å². The van der Waals surface area contributed by atoms with Gasteiger partial charge in [-0.2, -0.15) is 0 Å². The van der Waals surface area contributed by atoms with Gasteiger partial charge in [0.2, 0.25) is 0 Å². The van der Waals surface area contributed by atoms with Gasteiger partial charge in [-0.1, -0.05) is 78.9 Å². The lowest BCUT2D eigenvalue weighted by Gasteiger charge is -2.37. The quantitative estimate of drug-likeness (QED) is 0.150. The number of fused-ring (bicyclic) bond motifs is 4. The molecule has 2 N–H and O–H groups in total. The summed E-state index contributed by atoms with van der Waals surface area (Å²) in [4.78, 5) is 33.8. The van der Waals surface area contributed by atoms with Crippen LogP contribution in [0.5, 0.6) is 0 Å². The van der Waals surface area contributed by atoms with Crippen LogP contribution in [0.1, 0.15) is 139 Å². The van der Waals surface area contributed by atoms with Gasteiger partial charge in [0.25, 0.3) is 0 Å². The van der Waals surface area contributed by atoms with Crippen LogP contribution in [0.2, 0.25) is 10.0 Å². The van der Waals surface area contributed by atoms with Crippen LogP contribution in [0.15, 0.2) is 98.1 Å². The number of rotatable bonds is 9. The number of piperidine rings is 2. The van der Waals surface area contributed by atoms with Crippen LogP contribution in [-0.4, -0.2) is 72.2 Å². The number of likely N-dealkylation sites (tertiary alicyclic amines) is 1. The monoisotopic (exact) mass is 961 g/mol. The van der Waals surface area contributed by atoms with Crippen molar-refractivity contribution < 1.29 is 4.79 Å². The highest BCUT2D eigenvalue weighted by molar-refractivity contribution is 6.31. The lowest BCUT2D eigenvalue weighted by atomic mass is 9.76. The Labute approximate surface area is 417 Å². The van der Waals surface area contributed by atoms with E-state index in [2.05, 4.69) is 96.7 Å². The summed E-state index contributed by atoms with van der Waals surface area (Å²) in [5.74, 6) is 1.46. The second-order valence-electron chi connectivity index (χ2n) is 19.9. The van der Waals surface area contributed by atoms with Crippen molar-refractivity contribution in [2.75, 3.05) is 26.2 Å². The average molecular weight is 963 g/mol. The molecule has 0 radical (unpaired) electrons. The summed E-state index contributed by atoms with van der Waals surface area (Å²) in [5, 5.41) is 8.36. The van der Waals surface area contributed by atoms with E-state index in [1.807, 2.05) is 62.0 Å². The van der Waals surface area contributed by atoms with Crippen molar-refractivity contribution >= 4 is 52.5 Å². The smallest absolute Gasteiger partial charge is 0.317 e. The first-order valence-electron chi connectivity index (χ1n) is 25.4. The summed E-state index contributed by atoms with van der Waals surface area (Å²) in [5.41, 5.74) is 14.6. The highest BCUT2D eigenvalue weighted by Crippen LogP contribution is 2.47. The van der Waals surface area contributed by atoms with E-state index in [0.717, 1.165) is 105 Å². The van der Waals surface area contributed by atoms with Crippen LogP contribution in [-0.2, 0) is 13.1 Å². The number of hydrogen-bond acceptors (Lipinski definition) is 6. The normalized spacial score (nSPS) is 19.6. The molecule has 5 aliphatic rings. The van der Waals surface area contributed by atoms with E-state index in [4.69, 9.17) is 33.2 Å². The maximum absolute atomic E-state index is 13.0. The number of halogens is 2. The second-order valence-corrected chi connectivity index (χ2v) is 20.8. The van der Waals surface area contributed by atoms with Gasteiger partial charge in [0, 0.05) is 78.9 Å². The summed E-state index contributed by atoms with van der Waals surface area (Å²) in [6, 6.07) is 21.7. The van der Waals surface area contributed by atoms with Crippen molar-refractivity contribution in [2.45, 2.75) is 115 Å². The van der Waals surface area contributed by atoms with Gasteiger partial charge < -0.3 is 24.7 Å². The highest BCUT2D eigenvalue weighted by Gasteiger charge is 2.36. The predicted octanol–water partition coefficient (Wildman–Crippen LogP) is 12.4. The molecule has 1 saturated carbocycles. The Hall–Kier alpha value is -5.55. The molecule has 2 aliphatic heterocycles. The number of carbonyl (C=O) groups is 1. The number of aromatic nitrogens is 6. The molecule has 12 heteroatoms. The Morgan fingerprint density at radius 1 is 0.652 bits per heavy atom. The number of imidazole rings is 2. The van der Waals surface area contributed by atoms with Crippen molar-refractivity contribution in [2.24, 2.45) is 11.8 Å². The molecule has 69 heavy (non-hydrogen) atoms. The summed E-state index contributed by atoms with van der Waals surface area (Å²) < 4.78 is 4.32. The second kappa shape index (κ2) is 21.6. The molecule has 3 fully saturated rings. The molecular formula is C57H65Cl2N9O. The Bertz CT molecular complexity index is 2810. The van der Waals surface area contributed by atoms with E-state index in [1.54, 1.807) is 0 Å². The molecule has 2 aromatic carbocycles. The average Bonchev–Trinajstić information content (AvgIpc) is 3.93. The fourth-order valence-corrected chi connectivity index (χ4v) is 12.1. The number of benzene rings is 2. The number of urea groups is 1. The Kier molecular flexibility index (Phi) is 14.8. The van der Waals surface area contributed by atoms with Gasteiger partial charge in [-0.15, -0.1) is 0 Å². The lowest BCUT2D eigenvalue weighted by molar-refractivity contribution is 0.160. The first-order chi connectivity index (χ1) is 33.7. The molecule has 2 atom stereocenters. The third-order valence-corrected chi connectivity index (χ3v) is 15.7. The molecule has 6 heterocycles. The maximum Gasteiger partial charge on any atom is 0.317 e. The van der Waals surface area contributed by atoms with Crippen molar-refractivity contribution in [3.8, 4) is 0 Å². The van der Waals surface area contributed by atoms with Crippen molar-refractivity contribution in [3.63, 3.8) is 0 Å². The molecule has 2 amide bonds. The van der Waals surface area contributed by atoms with Crippen molar-refractivity contribution in [1.82, 2.24) is 44.6 Å². The van der Waals surface area contributed by atoms with Crippen LogP contribution >= 0.6 is 23.2 Å². The molecule has 2 saturated heterocycles. The first kappa shape index (κ1) is 47.1. The van der Waals surface area contributed by atoms with E-state index in [-0.39, 0.29) is 11.9 Å². The van der Waals surface area contributed by atoms with Gasteiger partial charge in [-0.25, -0.2) is 14.8 Å². The minimum absolute atomic E-state index is 0.116. The predicted molar refractivity (Wildman–Crippen MR) is 279 cm³/mol. The van der Waals surface area contributed by atoms with E-state index < -0.39 is 0 Å². The van der Waals surface area contributed by atoms with E-state index >= 15 is 0 Å². The highest BCUT2D eigenvalue weighted by atomic mass is 35.5. The number of nitrogens with one attached hydrogen (secondary N) is 2. The SMILES string of the molecule is Cc1cn(CCC2=Cc3cc(Cl)ccc3C(C3CCN(C(=O)NC4CCCCC4)CC3)c3ncccc32)cn1.Cc1cn(CCC2=Cc3cc(Cl)ccc3C(C3CCNCC3)c3ncccc32)cn1. The molecule has 4 aromatic heterocycles. The standard InChI is InChI=1S/C32H38ClN5O.C25H27ClN4/c1-22-20-37(21-35-22)15-11-24-18-25-19-26(33)9-10-28(25)30(31-29(24)8-5-14-34-31)23-12-16-38(17-13-23)32(39)36-27-6-3-2-4-7-27;1-17-15-30(16-29-17)12-8-19-13-20-14-21(26)4-5-22(20)24(18-6-10-27-11-7-18)25-23(19)3-2-9-28-25/h5,8-10,14,18-21,23,27,30H,2-4,6-7,11-13,15-17H2,1H3,(H,36,39);2-5,9,13-16,18,24,27H,6-8,10-12H2,1H3. The van der Waals surface area contributed by atoms with Crippen LogP contribution in [0.25, 0.3) is 23.3 Å². The fraction of sp³-hybridized carbons (Fsp3) is 0.421. The number of nitrogens with zero attached hydrogens (tertiary/aromatic N) is 7. The molecule has 2 unspecified atom stereocenters. The van der Waals surface area contributed by atoms with Gasteiger partial charge in [-0.05, 0) is 171 Å². The van der Waals surface area contributed by atoms with Crippen LogP contribution in [0.3, 0.4) is 0 Å². The summed E-state index contributed by atoms with van der Waals surface area (Å²) >= 11 is 13.0. The fourth-order valence-electron chi connectivity index (χ4n) is 11.8. The minimum Gasteiger partial charge on any atom is -0.337 e. The van der Waals surface area contributed by atoms with E-state index in [0.29, 0.717) is 23.8 Å². The lowest BCUT2D eigenvalue weighted by Crippen LogP contribution is -2.48. The van der Waals surface area contributed by atoms with Crippen LogP contribution < -0.4 is 10.6 Å². The number of aryl methyl sites for hydroxylation is 4. The summed E-state index contributed by atoms with van der Waals surface area (Å²) in [6.45, 7) is 9.52. The summed E-state index contributed by atoms with van der Waals surface area (Å²) in [7, 11) is 0. The Balaban J connectivity index is 0.000000166. The summed E-state index contributed by atoms with van der Waals surface area (Å²) in [6.07, 6.45) is 28.6. The molecule has 6 aromatic rings. The first-order valence-corrected chi connectivity index (χ1v) is 26.1. The van der Waals surface area contributed by atoms with Crippen molar-refractivity contribution in [3.05, 3.63) is 164 Å². The third kappa shape index (κ3) is 10.9. The minimum atomic E-state index is 0.116. The van der Waals surface area contributed by atoms with Gasteiger partial charge in [-0.3, -0.25) is 9.97 Å². The van der Waals surface area contributed by atoms with Gasteiger partial charge in [0.15, 0.2) is 0 Å². The van der Waals surface area contributed by atoms with E-state index in [1.165, 1.54) is 82.3 Å². The molecule has 11 rings (SSSR count). The maximum atomic E-state index is 13.0. The molecular weight excluding hydrogens is 898 g/mol. The zero-order chi connectivity index (χ0) is 47.3. The van der Waals surface area contributed by atoms with Crippen molar-refractivity contribution in [1.29, 1.82) is 0 Å². The molecule has 358 valence electrons. The van der Waals surface area contributed by atoms with Gasteiger partial charge in [0.1, 0.15) is 0 Å². The zero-order valence-corrected chi connectivity index (χ0v) is 41.6. The number of carbonyl (C=O) groups excluding carboxylic acids is 1. The Morgan fingerprint density at radius 2 is 1.16 bits per heavy atom. The molecule has 3 aliphatic carbocycles. The zero-order valence-electron chi connectivity index (χ0n) is 40.1.